The van der Waals surface area contributed by atoms with Gasteiger partial charge in [0.25, 0.3) is 0 Å². The zero-order chi connectivity index (χ0) is 15.2. The summed E-state index contributed by atoms with van der Waals surface area (Å²) in [6.07, 6.45) is 2.20. The Morgan fingerprint density at radius 3 is 2.81 bits per heavy atom. The number of nitrogens with one attached hydrogen (secondary N) is 1. The highest BCUT2D eigenvalue weighted by Gasteiger charge is 2.29. The van der Waals surface area contributed by atoms with Crippen LogP contribution in [-0.4, -0.2) is 30.2 Å². The maximum atomic E-state index is 12.4. The number of carbonyl (C=O) groups is 1. The summed E-state index contributed by atoms with van der Waals surface area (Å²) in [5.41, 5.74) is 6.58. The van der Waals surface area contributed by atoms with E-state index in [2.05, 4.69) is 12.2 Å². The Hall–Kier alpha value is -1.46. The van der Waals surface area contributed by atoms with Crippen molar-refractivity contribution in [3.05, 3.63) is 35.9 Å². The smallest absolute Gasteiger partial charge is 0.234 e. The third-order valence-corrected chi connectivity index (χ3v) is 4.20. The largest absolute Gasteiger partial charge is 0.392 e. The number of benzene rings is 1. The van der Waals surface area contributed by atoms with Crippen LogP contribution in [0, 0.1) is 5.92 Å². The molecule has 3 atom stereocenters. The summed E-state index contributed by atoms with van der Waals surface area (Å²) in [4.78, 5) is 12.6. The average molecular weight is 306 g/mol. The van der Waals surface area contributed by atoms with Gasteiger partial charge in [0, 0.05) is 19.1 Å². The van der Waals surface area contributed by atoms with Crippen molar-refractivity contribution in [2.45, 2.75) is 31.8 Å². The van der Waals surface area contributed by atoms with Gasteiger partial charge in [-0.1, -0.05) is 49.5 Å². The zero-order valence-corrected chi connectivity index (χ0v) is 13.1. The van der Waals surface area contributed by atoms with Crippen LogP contribution in [0.1, 0.15) is 31.2 Å². The van der Waals surface area contributed by atoms with E-state index in [4.69, 9.17) is 22.7 Å². The first-order valence-corrected chi connectivity index (χ1v) is 7.77. The van der Waals surface area contributed by atoms with Crippen molar-refractivity contribution in [2.24, 2.45) is 11.7 Å². The quantitative estimate of drug-likeness (QED) is 0.789. The molecule has 4 nitrogen and oxygen atoms in total. The fourth-order valence-electron chi connectivity index (χ4n) is 2.80. The predicted octanol–water partition coefficient (Wildman–Crippen LogP) is 1.99. The molecule has 3 unspecified atom stereocenters. The Bertz CT molecular complexity index is 492. The molecule has 1 aromatic carbocycles. The van der Waals surface area contributed by atoms with Gasteiger partial charge in [0.1, 0.15) is 5.92 Å². The number of hydrogen-bond donors (Lipinski definition) is 2. The van der Waals surface area contributed by atoms with Crippen LogP contribution < -0.4 is 11.1 Å². The van der Waals surface area contributed by atoms with E-state index in [-0.39, 0.29) is 17.0 Å². The molecule has 1 heterocycles. The van der Waals surface area contributed by atoms with E-state index < -0.39 is 5.92 Å². The highest BCUT2D eigenvalue weighted by atomic mass is 32.1. The number of rotatable bonds is 6. The predicted molar refractivity (Wildman–Crippen MR) is 87.1 cm³/mol. The molecule has 1 amide bonds. The van der Waals surface area contributed by atoms with E-state index in [0.29, 0.717) is 12.5 Å². The minimum atomic E-state index is -0.566. The fourth-order valence-corrected chi connectivity index (χ4v) is 3.04. The van der Waals surface area contributed by atoms with E-state index in [9.17, 15) is 4.79 Å². The Morgan fingerprint density at radius 1 is 1.48 bits per heavy atom. The Morgan fingerprint density at radius 2 is 2.19 bits per heavy atom. The van der Waals surface area contributed by atoms with Crippen LogP contribution in [0.3, 0.4) is 0 Å². The molecule has 1 aromatic rings. The standard InChI is InChI=1S/C16H22N2O2S/c1-2-13-12(8-9-20-13)10-18-16(19)14(15(17)21)11-6-4-3-5-7-11/h3-7,12-14H,2,8-10H2,1H3,(H2,17,21)(H,18,19). The minimum absolute atomic E-state index is 0.129. The van der Waals surface area contributed by atoms with Crippen LogP contribution in [0.2, 0.25) is 0 Å². The first kappa shape index (κ1) is 15.9. The molecule has 0 saturated carbocycles. The summed E-state index contributed by atoms with van der Waals surface area (Å²) >= 11 is 5.06. The van der Waals surface area contributed by atoms with Crippen molar-refractivity contribution in [1.82, 2.24) is 5.32 Å². The number of ether oxygens (including phenoxy) is 1. The molecule has 0 aliphatic carbocycles. The van der Waals surface area contributed by atoms with Gasteiger partial charge >= 0.3 is 0 Å². The van der Waals surface area contributed by atoms with Gasteiger partial charge in [-0.05, 0) is 18.4 Å². The molecular formula is C16H22N2O2S. The fraction of sp³-hybridized carbons (Fsp3) is 0.500. The lowest BCUT2D eigenvalue weighted by molar-refractivity contribution is -0.121. The van der Waals surface area contributed by atoms with Crippen LogP contribution >= 0.6 is 12.2 Å². The van der Waals surface area contributed by atoms with Gasteiger partial charge in [-0.2, -0.15) is 0 Å². The lowest BCUT2D eigenvalue weighted by Crippen LogP contribution is -2.39. The molecule has 0 radical (unpaired) electrons. The van der Waals surface area contributed by atoms with Crippen LogP contribution in [0.25, 0.3) is 0 Å². The van der Waals surface area contributed by atoms with E-state index >= 15 is 0 Å². The third-order valence-electron chi connectivity index (χ3n) is 3.97. The van der Waals surface area contributed by atoms with Crippen molar-refractivity contribution in [3.8, 4) is 0 Å². The number of thiocarbonyl (C=S) groups is 1. The molecule has 1 aliphatic rings. The molecule has 1 fully saturated rings. The van der Waals surface area contributed by atoms with Gasteiger partial charge in [-0.3, -0.25) is 4.79 Å². The van der Waals surface area contributed by atoms with Gasteiger partial charge in [0.05, 0.1) is 11.1 Å². The highest BCUT2D eigenvalue weighted by molar-refractivity contribution is 7.80. The van der Waals surface area contributed by atoms with Crippen molar-refractivity contribution >= 4 is 23.1 Å². The van der Waals surface area contributed by atoms with Crippen LogP contribution in [0.15, 0.2) is 30.3 Å². The molecule has 2 rings (SSSR count). The van der Waals surface area contributed by atoms with Crippen LogP contribution in [-0.2, 0) is 9.53 Å². The molecular weight excluding hydrogens is 284 g/mol. The van der Waals surface area contributed by atoms with Crippen LogP contribution in [0.4, 0.5) is 0 Å². The summed E-state index contributed by atoms with van der Waals surface area (Å²) in [5.74, 6) is -0.319. The van der Waals surface area contributed by atoms with Crippen molar-refractivity contribution in [3.63, 3.8) is 0 Å². The highest BCUT2D eigenvalue weighted by Crippen LogP contribution is 2.23. The molecule has 114 valence electrons. The molecule has 0 spiro atoms. The maximum absolute atomic E-state index is 12.4. The molecule has 3 N–H and O–H groups in total. The number of hydrogen-bond acceptors (Lipinski definition) is 3. The number of amides is 1. The SMILES string of the molecule is CCC1OCCC1CNC(=O)C(C(N)=S)c1ccccc1. The van der Waals surface area contributed by atoms with E-state index in [0.717, 1.165) is 25.0 Å². The normalized spacial score (nSPS) is 22.7. The summed E-state index contributed by atoms with van der Waals surface area (Å²) in [7, 11) is 0. The second-order valence-electron chi connectivity index (χ2n) is 5.36. The van der Waals surface area contributed by atoms with Crippen LogP contribution in [0.5, 0.6) is 0 Å². The summed E-state index contributed by atoms with van der Waals surface area (Å²) in [5, 5.41) is 2.98. The van der Waals surface area contributed by atoms with E-state index in [1.807, 2.05) is 30.3 Å². The second kappa shape index (κ2) is 7.52. The van der Waals surface area contributed by atoms with Gasteiger partial charge < -0.3 is 15.8 Å². The average Bonchev–Trinajstić information content (AvgIpc) is 2.93. The molecule has 0 bridgehead atoms. The second-order valence-corrected chi connectivity index (χ2v) is 5.83. The van der Waals surface area contributed by atoms with Gasteiger partial charge in [0.2, 0.25) is 5.91 Å². The Balaban J connectivity index is 1.98. The molecule has 5 heteroatoms. The van der Waals surface area contributed by atoms with Crippen molar-refractivity contribution in [2.75, 3.05) is 13.2 Å². The van der Waals surface area contributed by atoms with Crippen molar-refractivity contribution in [1.29, 1.82) is 0 Å². The zero-order valence-electron chi connectivity index (χ0n) is 12.2. The van der Waals surface area contributed by atoms with Crippen molar-refractivity contribution < 1.29 is 9.53 Å². The number of nitrogens with two attached hydrogens (primary N) is 1. The van der Waals surface area contributed by atoms with E-state index in [1.165, 1.54) is 0 Å². The molecule has 0 aromatic heterocycles. The summed E-state index contributed by atoms with van der Waals surface area (Å²) in [6, 6.07) is 9.41. The first-order chi connectivity index (χ1) is 10.1. The Kier molecular flexibility index (Phi) is 5.70. The monoisotopic (exact) mass is 306 g/mol. The number of carbonyl (C=O) groups excluding carboxylic acids is 1. The lowest BCUT2D eigenvalue weighted by Gasteiger charge is -2.20. The van der Waals surface area contributed by atoms with E-state index in [1.54, 1.807) is 0 Å². The molecule has 1 aliphatic heterocycles. The lowest BCUT2D eigenvalue weighted by atomic mass is 9.96. The maximum Gasteiger partial charge on any atom is 0.234 e. The molecule has 21 heavy (non-hydrogen) atoms. The Labute approximate surface area is 131 Å². The molecule has 1 saturated heterocycles. The topological polar surface area (TPSA) is 64.3 Å². The van der Waals surface area contributed by atoms with Gasteiger partial charge in [0.15, 0.2) is 0 Å². The first-order valence-electron chi connectivity index (χ1n) is 7.37. The summed E-state index contributed by atoms with van der Waals surface area (Å²) in [6.45, 7) is 3.49. The minimum Gasteiger partial charge on any atom is -0.392 e. The van der Waals surface area contributed by atoms with Gasteiger partial charge in [-0.25, -0.2) is 0 Å². The summed E-state index contributed by atoms with van der Waals surface area (Å²) < 4.78 is 5.64. The third kappa shape index (κ3) is 4.02. The van der Waals surface area contributed by atoms with Gasteiger partial charge in [-0.15, -0.1) is 0 Å².